The fourth-order valence-corrected chi connectivity index (χ4v) is 3.19. The van der Waals surface area contributed by atoms with Crippen LogP contribution in [0.5, 0.6) is 0 Å². The van der Waals surface area contributed by atoms with Crippen molar-refractivity contribution in [1.82, 2.24) is 0 Å². The van der Waals surface area contributed by atoms with Gasteiger partial charge in [-0.2, -0.15) is 0 Å². The van der Waals surface area contributed by atoms with Crippen LogP contribution in [0.1, 0.15) is 45.1 Å². The molecule has 0 spiro atoms. The molecule has 110 valence electrons. The molecule has 0 aromatic heterocycles. The zero-order valence-electron chi connectivity index (χ0n) is 12.0. The highest BCUT2D eigenvalue weighted by Crippen LogP contribution is 2.41. The summed E-state index contributed by atoms with van der Waals surface area (Å²) in [6, 6.07) is 5.22. The zero-order chi connectivity index (χ0) is 15.0. The molecule has 1 saturated carbocycles. The lowest BCUT2D eigenvalue weighted by Gasteiger charge is -2.41. The summed E-state index contributed by atoms with van der Waals surface area (Å²) in [5, 5.41) is 11.2. The summed E-state index contributed by atoms with van der Waals surface area (Å²) in [6.07, 6.45) is 4.58. The van der Waals surface area contributed by atoms with Gasteiger partial charge in [-0.1, -0.05) is 35.8 Å². The van der Waals surface area contributed by atoms with Gasteiger partial charge in [0.1, 0.15) is 0 Å². The lowest BCUT2D eigenvalue weighted by atomic mass is 9.68. The SMILES string of the molecule is CC1(C)CCC(N)(Cc2ccc(Br)cc2[N+](=O)[O-])CC1. The van der Waals surface area contributed by atoms with E-state index in [2.05, 4.69) is 29.8 Å². The first kappa shape index (κ1) is 15.4. The van der Waals surface area contributed by atoms with E-state index in [1.807, 2.05) is 12.1 Å². The Hall–Kier alpha value is -0.940. The Kier molecular flexibility index (Phi) is 4.21. The van der Waals surface area contributed by atoms with E-state index in [9.17, 15) is 10.1 Å². The second-order valence-electron chi connectivity index (χ2n) is 6.73. The smallest absolute Gasteiger partial charge is 0.273 e. The van der Waals surface area contributed by atoms with Crippen molar-refractivity contribution in [2.75, 3.05) is 0 Å². The average molecular weight is 341 g/mol. The first-order chi connectivity index (χ1) is 9.21. The van der Waals surface area contributed by atoms with Gasteiger partial charge in [0.2, 0.25) is 0 Å². The molecule has 1 aromatic rings. The Labute approximate surface area is 128 Å². The Balaban J connectivity index is 2.20. The molecule has 0 unspecified atom stereocenters. The van der Waals surface area contributed by atoms with E-state index >= 15 is 0 Å². The second-order valence-corrected chi connectivity index (χ2v) is 7.65. The van der Waals surface area contributed by atoms with Crippen LogP contribution in [-0.4, -0.2) is 10.5 Å². The Morgan fingerprint density at radius 2 is 1.90 bits per heavy atom. The molecule has 0 saturated heterocycles. The summed E-state index contributed by atoms with van der Waals surface area (Å²) in [4.78, 5) is 10.8. The number of hydrogen-bond acceptors (Lipinski definition) is 3. The molecule has 2 rings (SSSR count). The second kappa shape index (κ2) is 5.45. The highest BCUT2D eigenvalue weighted by molar-refractivity contribution is 9.10. The number of hydrogen-bond donors (Lipinski definition) is 1. The van der Waals surface area contributed by atoms with Gasteiger partial charge in [-0.3, -0.25) is 10.1 Å². The summed E-state index contributed by atoms with van der Waals surface area (Å²) < 4.78 is 0.726. The minimum Gasteiger partial charge on any atom is -0.325 e. The Morgan fingerprint density at radius 1 is 1.30 bits per heavy atom. The monoisotopic (exact) mass is 340 g/mol. The van der Waals surface area contributed by atoms with Crippen molar-refractivity contribution in [3.05, 3.63) is 38.3 Å². The van der Waals surface area contributed by atoms with E-state index in [-0.39, 0.29) is 16.1 Å². The number of nitrogens with two attached hydrogens (primary N) is 1. The standard InChI is InChI=1S/C15H21BrN2O2/c1-14(2)5-7-15(17,8-6-14)10-11-3-4-12(16)9-13(11)18(19)20/h3-4,9H,5-8,10,17H2,1-2H3. The summed E-state index contributed by atoms with van der Waals surface area (Å²) in [7, 11) is 0. The predicted octanol–water partition coefficient (Wildman–Crippen LogP) is 4.20. The third kappa shape index (κ3) is 3.58. The van der Waals surface area contributed by atoms with Crippen molar-refractivity contribution in [2.24, 2.45) is 11.1 Å². The van der Waals surface area contributed by atoms with E-state index in [1.54, 1.807) is 6.07 Å². The minimum atomic E-state index is -0.323. The van der Waals surface area contributed by atoms with E-state index in [0.717, 1.165) is 35.7 Å². The number of rotatable bonds is 3. The van der Waals surface area contributed by atoms with Crippen LogP contribution < -0.4 is 5.73 Å². The number of nitro groups is 1. The molecule has 0 radical (unpaired) electrons. The van der Waals surface area contributed by atoms with Crippen molar-refractivity contribution in [3.63, 3.8) is 0 Å². The third-order valence-electron chi connectivity index (χ3n) is 4.39. The fraction of sp³-hybridized carbons (Fsp3) is 0.600. The van der Waals surface area contributed by atoms with E-state index in [0.29, 0.717) is 11.8 Å². The number of nitro benzene ring substituents is 1. The van der Waals surface area contributed by atoms with Crippen LogP contribution in [0.15, 0.2) is 22.7 Å². The van der Waals surface area contributed by atoms with Gasteiger partial charge in [-0.15, -0.1) is 0 Å². The van der Waals surface area contributed by atoms with Crippen molar-refractivity contribution in [3.8, 4) is 0 Å². The first-order valence-corrected chi connectivity index (χ1v) is 7.72. The molecule has 20 heavy (non-hydrogen) atoms. The summed E-state index contributed by atoms with van der Waals surface area (Å²) in [5.74, 6) is 0. The molecule has 1 fully saturated rings. The maximum atomic E-state index is 11.2. The van der Waals surface area contributed by atoms with Crippen LogP contribution in [0.2, 0.25) is 0 Å². The molecule has 5 heteroatoms. The molecule has 1 aliphatic rings. The Bertz CT molecular complexity index is 519. The number of nitrogens with zero attached hydrogens (tertiary/aromatic N) is 1. The molecule has 1 aromatic carbocycles. The van der Waals surface area contributed by atoms with E-state index in [4.69, 9.17) is 5.73 Å². The van der Waals surface area contributed by atoms with Gasteiger partial charge >= 0.3 is 0 Å². The maximum Gasteiger partial charge on any atom is 0.273 e. The van der Waals surface area contributed by atoms with Crippen LogP contribution in [0, 0.1) is 15.5 Å². The van der Waals surface area contributed by atoms with Gasteiger partial charge in [0.25, 0.3) is 5.69 Å². The summed E-state index contributed by atoms with van der Waals surface area (Å²) in [5.41, 5.74) is 7.41. The van der Waals surface area contributed by atoms with Crippen LogP contribution in [0.3, 0.4) is 0 Å². The highest BCUT2D eigenvalue weighted by Gasteiger charge is 2.36. The molecule has 0 bridgehead atoms. The molecular formula is C15H21BrN2O2. The molecule has 4 nitrogen and oxygen atoms in total. The first-order valence-electron chi connectivity index (χ1n) is 6.93. The van der Waals surface area contributed by atoms with Gasteiger partial charge in [-0.25, -0.2) is 0 Å². The van der Waals surface area contributed by atoms with E-state index in [1.165, 1.54) is 0 Å². The topological polar surface area (TPSA) is 69.2 Å². The molecule has 2 N–H and O–H groups in total. The lowest BCUT2D eigenvalue weighted by molar-refractivity contribution is -0.385. The quantitative estimate of drug-likeness (QED) is 0.662. The van der Waals surface area contributed by atoms with Gasteiger partial charge in [0.05, 0.1) is 4.92 Å². The number of halogens is 1. The van der Waals surface area contributed by atoms with Crippen LogP contribution in [0.4, 0.5) is 5.69 Å². The fourth-order valence-electron chi connectivity index (χ4n) is 2.84. The zero-order valence-corrected chi connectivity index (χ0v) is 13.6. The lowest BCUT2D eigenvalue weighted by Crippen LogP contribution is -2.46. The average Bonchev–Trinajstić information content (AvgIpc) is 2.36. The number of benzene rings is 1. The van der Waals surface area contributed by atoms with Gasteiger partial charge < -0.3 is 5.73 Å². The van der Waals surface area contributed by atoms with Crippen molar-refractivity contribution < 1.29 is 4.92 Å². The van der Waals surface area contributed by atoms with Crippen molar-refractivity contribution in [1.29, 1.82) is 0 Å². The highest BCUT2D eigenvalue weighted by atomic mass is 79.9. The summed E-state index contributed by atoms with van der Waals surface area (Å²) >= 11 is 3.28. The molecule has 0 aliphatic heterocycles. The minimum absolute atomic E-state index is 0.161. The van der Waals surface area contributed by atoms with Crippen LogP contribution in [0.25, 0.3) is 0 Å². The predicted molar refractivity (Wildman–Crippen MR) is 83.7 cm³/mol. The molecule has 0 amide bonds. The molecule has 0 atom stereocenters. The molecular weight excluding hydrogens is 320 g/mol. The molecule has 0 heterocycles. The third-order valence-corrected chi connectivity index (χ3v) is 4.88. The van der Waals surface area contributed by atoms with Crippen LogP contribution >= 0.6 is 15.9 Å². The largest absolute Gasteiger partial charge is 0.325 e. The summed E-state index contributed by atoms with van der Waals surface area (Å²) in [6.45, 7) is 4.52. The Morgan fingerprint density at radius 3 is 2.45 bits per heavy atom. The van der Waals surface area contributed by atoms with Gasteiger partial charge in [-0.05, 0) is 43.6 Å². The van der Waals surface area contributed by atoms with Crippen LogP contribution in [-0.2, 0) is 6.42 Å². The normalized spacial score (nSPS) is 20.6. The van der Waals surface area contributed by atoms with Gasteiger partial charge in [0, 0.05) is 21.6 Å². The van der Waals surface area contributed by atoms with Crippen molar-refractivity contribution >= 4 is 21.6 Å². The maximum absolute atomic E-state index is 11.2. The van der Waals surface area contributed by atoms with E-state index < -0.39 is 0 Å². The molecule has 1 aliphatic carbocycles. The van der Waals surface area contributed by atoms with Crippen molar-refractivity contribution in [2.45, 2.75) is 51.5 Å². The van der Waals surface area contributed by atoms with Gasteiger partial charge in [0.15, 0.2) is 0 Å².